The van der Waals surface area contributed by atoms with Crippen LogP contribution in [0.25, 0.3) is 0 Å². The highest BCUT2D eigenvalue weighted by molar-refractivity contribution is 7.87. The van der Waals surface area contributed by atoms with Gasteiger partial charge in [0.2, 0.25) is 0 Å². The van der Waals surface area contributed by atoms with Gasteiger partial charge in [-0.3, -0.25) is 19.0 Å². The fourth-order valence-corrected chi connectivity index (χ4v) is 2.57. The maximum absolute atomic E-state index is 11.8. The van der Waals surface area contributed by atoms with Crippen LogP contribution in [0.1, 0.15) is 33.6 Å². The average Bonchev–Trinajstić information content (AvgIpc) is 2.63. The van der Waals surface area contributed by atoms with Gasteiger partial charge in [-0.2, -0.15) is 8.42 Å². The summed E-state index contributed by atoms with van der Waals surface area (Å²) in [6.45, 7) is 6.60. The Morgan fingerprint density at radius 1 is 1.39 bits per heavy atom. The molecule has 1 N–H and O–H groups in total. The summed E-state index contributed by atoms with van der Waals surface area (Å²) in [6.07, 6.45) is 0.0774. The second-order valence-electron chi connectivity index (χ2n) is 6.75. The number of hydroxylamine groups is 2. The van der Waals surface area contributed by atoms with E-state index in [1.54, 1.807) is 11.9 Å². The fourth-order valence-electron chi connectivity index (χ4n) is 1.87. The highest BCUT2D eigenvalue weighted by atomic mass is 32.2. The topological polar surface area (TPSA) is 121 Å². The first-order valence-electron chi connectivity index (χ1n) is 7.04. The number of hydrogen-bond donors (Lipinski definition) is 1. The highest BCUT2D eigenvalue weighted by Gasteiger charge is 2.48. The molecule has 0 saturated carbocycles. The Kier molecular flexibility index (Phi) is 5.89. The quantitative estimate of drug-likeness (QED) is 0.517. The molecule has 0 spiro atoms. The Bertz CT molecular complexity index is 594. The van der Waals surface area contributed by atoms with Crippen LogP contribution in [0.4, 0.5) is 0 Å². The predicted octanol–water partition coefficient (Wildman–Crippen LogP) is -0.172. The molecule has 0 aliphatic carbocycles. The molecular weight excluding hydrogens is 328 g/mol. The van der Waals surface area contributed by atoms with Gasteiger partial charge < -0.3 is 4.84 Å². The van der Waals surface area contributed by atoms with Gasteiger partial charge >= 0.3 is 5.97 Å². The van der Waals surface area contributed by atoms with Crippen molar-refractivity contribution in [3.05, 3.63) is 0 Å². The Labute approximate surface area is 135 Å². The number of imide groups is 1. The number of rotatable bonds is 6. The third-order valence-electron chi connectivity index (χ3n) is 3.26. The molecule has 1 aliphatic heterocycles. The molecule has 1 rings (SSSR count). The van der Waals surface area contributed by atoms with Crippen LogP contribution in [0.2, 0.25) is 0 Å². The Morgan fingerprint density at radius 3 is 2.39 bits per heavy atom. The molecule has 23 heavy (non-hydrogen) atoms. The summed E-state index contributed by atoms with van der Waals surface area (Å²) in [7, 11) is -3.03. The number of carbonyl (C=O) groups is 3. The summed E-state index contributed by atoms with van der Waals surface area (Å²) in [4.78, 5) is 41.3. The zero-order valence-electron chi connectivity index (χ0n) is 13.6. The molecule has 9 nitrogen and oxygen atoms in total. The molecule has 1 saturated heterocycles. The SMILES string of the molecule is CN(CCC(C)(C)C)CC(=O)ON1C(=O)CC(S(=O)(=O)O)C1=O. The zero-order valence-corrected chi connectivity index (χ0v) is 14.4. The maximum atomic E-state index is 11.8. The minimum atomic E-state index is -4.72. The predicted molar refractivity (Wildman–Crippen MR) is 79.5 cm³/mol. The van der Waals surface area contributed by atoms with E-state index in [2.05, 4.69) is 25.6 Å². The number of nitrogens with zero attached hydrogens (tertiary/aromatic N) is 2. The molecule has 0 bridgehead atoms. The van der Waals surface area contributed by atoms with Crippen LogP contribution in [-0.4, -0.2) is 66.1 Å². The lowest BCUT2D eigenvalue weighted by molar-refractivity contribution is -0.197. The lowest BCUT2D eigenvalue weighted by atomic mass is 9.92. The molecule has 2 amide bonds. The Balaban J connectivity index is 2.58. The standard InChI is InChI=1S/C13H22N2O7S/c1-13(2,3)5-6-14(4)8-11(17)22-15-10(16)7-9(12(15)18)23(19,20)21/h9H,5-8H2,1-4H3,(H,19,20,21). The third kappa shape index (κ3) is 5.88. The summed E-state index contributed by atoms with van der Waals surface area (Å²) in [5.74, 6) is -3.11. The summed E-state index contributed by atoms with van der Waals surface area (Å²) < 4.78 is 30.8. The zero-order chi connectivity index (χ0) is 18.0. The molecule has 132 valence electrons. The third-order valence-corrected chi connectivity index (χ3v) is 4.34. The van der Waals surface area contributed by atoms with Crippen molar-refractivity contribution in [3.63, 3.8) is 0 Å². The van der Waals surface area contributed by atoms with Crippen molar-refractivity contribution in [2.75, 3.05) is 20.1 Å². The highest BCUT2D eigenvalue weighted by Crippen LogP contribution is 2.20. The second kappa shape index (κ2) is 6.93. The van der Waals surface area contributed by atoms with Gasteiger partial charge in [-0.1, -0.05) is 20.8 Å². The van der Waals surface area contributed by atoms with Crippen molar-refractivity contribution in [1.82, 2.24) is 9.96 Å². The van der Waals surface area contributed by atoms with Gasteiger partial charge in [0.15, 0.2) is 5.25 Å². The van der Waals surface area contributed by atoms with Crippen LogP contribution in [0.15, 0.2) is 0 Å². The largest absolute Gasteiger partial charge is 0.347 e. The smallest absolute Gasteiger partial charge is 0.329 e. The molecule has 1 aliphatic rings. The minimum Gasteiger partial charge on any atom is -0.329 e. The molecular formula is C13H22N2O7S. The van der Waals surface area contributed by atoms with Crippen LogP contribution in [0.3, 0.4) is 0 Å². The van der Waals surface area contributed by atoms with Crippen LogP contribution in [0.5, 0.6) is 0 Å². The second-order valence-corrected chi connectivity index (χ2v) is 8.34. The molecule has 10 heteroatoms. The van der Waals surface area contributed by atoms with E-state index < -0.39 is 39.6 Å². The molecule has 0 radical (unpaired) electrons. The van der Waals surface area contributed by atoms with Crippen LogP contribution in [-0.2, 0) is 29.3 Å². The molecule has 0 aromatic rings. The van der Waals surface area contributed by atoms with E-state index in [-0.39, 0.29) is 17.0 Å². The normalized spacial score (nSPS) is 19.6. The molecule has 0 aromatic carbocycles. The van der Waals surface area contributed by atoms with Gasteiger partial charge in [-0.15, -0.1) is 5.06 Å². The van der Waals surface area contributed by atoms with Gasteiger partial charge in [0.25, 0.3) is 21.9 Å². The molecule has 1 atom stereocenters. The van der Waals surface area contributed by atoms with E-state index >= 15 is 0 Å². The first-order chi connectivity index (χ1) is 10.3. The van der Waals surface area contributed by atoms with Gasteiger partial charge in [0, 0.05) is 0 Å². The molecule has 1 fully saturated rings. The monoisotopic (exact) mass is 350 g/mol. The lowest BCUT2D eigenvalue weighted by Crippen LogP contribution is -2.39. The van der Waals surface area contributed by atoms with Crippen molar-refractivity contribution >= 4 is 27.9 Å². The van der Waals surface area contributed by atoms with Crippen LogP contribution < -0.4 is 0 Å². The van der Waals surface area contributed by atoms with Crippen molar-refractivity contribution in [2.45, 2.75) is 38.9 Å². The van der Waals surface area contributed by atoms with Gasteiger partial charge in [-0.25, -0.2) is 4.79 Å². The maximum Gasteiger partial charge on any atom is 0.347 e. The molecule has 1 heterocycles. The number of likely N-dealkylation sites (N-methyl/N-ethyl adjacent to an activating group) is 1. The lowest BCUT2D eigenvalue weighted by Gasteiger charge is -2.23. The molecule has 0 aromatic heterocycles. The fraction of sp³-hybridized carbons (Fsp3) is 0.769. The Hall–Kier alpha value is -1.52. The van der Waals surface area contributed by atoms with Gasteiger partial charge in [-0.05, 0) is 25.4 Å². The van der Waals surface area contributed by atoms with E-state index in [1.165, 1.54) is 0 Å². The van der Waals surface area contributed by atoms with E-state index in [9.17, 15) is 22.8 Å². The van der Waals surface area contributed by atoms with Crippen molar-refractivity contribution in [3.8, 4) is 0 Å². The first-order valence-corrected chi connectivity index (χ1v) is 8.54. The average molecular weight is 350 g/mol. The van der Waals surface area contributed by atoms with E-state index in [1.807, 2.05) is 0 Å². The van der Waals surface area contributed by atoms with Gasteiger partial charge in [0.1, 0.15) is 0 Å². The van der Waals surface area contributed by atoms with E-state index in [0.717, 1.165) is 6.42 Å². The first kappa shape index (κ1) is 19.5. The molecule has 1 unspecified atom stereocenters. The summed E-state index contributed by atoms with van der Waals surface area (Å²) >= 11 is 0. The van der Waals surface area contributed by atoms with E-state index in [0.29, 0.717) is 6.54 Å². The van der Waals surface area contributed by atoms with Crippen LogP contribution in [0, 0.1) is 5.41 Å². The number of carbonyl (C=O) groups excluding carboxylic acids is 3. The Morgan fingerprint density at radius 2 is 1.96 bits per heavy atom. The van der Waals surface area contributed by atoms with Crippen LogP contribution >= 0.6 is 0 Å². The number of amides is 2. The summed E-state index contributed by atoms with van der Waals surface area (Å²) in [6, 6.07) is 0. The van der Waals surface area contributed by atoms with Crippen molar-refractivity contribution in [1.29, 1.82) is 0 Å². The summed E-state index contributed by atoms with van der Waals surface area (Å²) in [5.41, 5.74) is 0.0851. The summed E-state index contributed by atoms with van der Waals surface area (Å²) in [5, 5.41) is -1.81. The van der Waals surface area contributed by atoms with Gasteiger partial charge in [0.05, 0.1) is 13.0 Å². The minimum absolute atomic E-state index is 0.0851. The number of hydrogen-bond acceptors (Lipinski definition) is 7. The van der Waals surface area contributed by atoms with Crippen molar-refractivity contribution < 1.29 is 32.2 Å². The van der Waals surface area contributed by atoms with E-state index in [4.69, 9.17) is 4.55 Å². The van der Waals surface area contributed by atoms with Crippen molar-refractivity contribution in [2.24, 2.45) is 5.41 Å².